The van der Waals surface area contributed by atoms with Gasteiger partial charge in [0.2, 0.25) is 5.12 Å². The summed E-state index contributed by atoms with van der Waals surface area (Å²) < 4.78 is 22.3. The van der Waals surface area contributed by atoms with Crippen molar-refractivity contribution in [3.8, 4) is 0 Å². The Kier molecular flexibility index (Phi) is 1.77. The van der Waals surface area contributed by atoms with Crippen molar-refractivity contribution in [1.82, 2.24) is 0 Å². The fourth-order valence-electron chi connectivity index (χ4n) is 1.14. The van der Waals surface area contributed by atoms with E-state index in [-0.39, 0.29) is 0 Å². The molecule has 0 spiro atoms. The zero-order chi connectivity index (χ0) is 8.72. The zero-order valence-electron chi connectivity index (χ0n) is 5.93. The largest absolute Gasteiger partial charge is 0.448 e. The highest BCUT2D eigenvalue weighted by molar-refractivity contribution is 8.66. The van der Waals surface area contributed by atoms with Gasteiger partial charge < -0.3 is 4.21 Å². The van der Waals surface area contributed by atoms with E-state index in [2.05, 4.69) is 0 Å². The number of rotatable bonds is 0. The van der Waals surface area contributed by atoms with E-state index in [0.717, 1.165) is 0 Å². The van der Waals surface area contributed by atoms with Gasteiger partial charge >= 0.3 is 0 Å². The smallest absolute Gasteiger partial charge is 0.209 e. The van der Waals surface area contributed by atoms with Crippen molar-refractivity contribution in [2.45, 2.75) is 0 Å². The molecule has 2 rings (SSSR count). The maximum absolute atomic E-state index is 11.2. The van der Waals surface area contributed by atoms with E-state index in [0.29, 0.717) is 4.86 Å². The summed E-state index contributed by atoms with van der Waals surface area (Å²) in [5, 5.41) is -0.441. The van der Waals surface area contributed by atoms with Gasteiger partial charge in [-0.3, -0.25) is 9.00 Å². The maximum atomic E-state index is 11.2. The first-order valence-electron chi connectivity index (χ1n) is 3.31. The lowest BCUT2D eigenvalue weighted by atomic mass is 10.0. The van der Waals surface area contributed by atoms with E-state index in [1.807, 2.05) is 0 Å². The zero-order valence-corrected chi connectivity index (χ0v) is 7.56. The summed E-state index contributed by atoms with van der Waals surface area (Å²) in [4.78, 5) is 11.6. The summed E-state index contributed by atoms with van der Waals surface area (Å²) in [5.74, 6) is -0.503. The fourth-order valence-corrected chi connectivity index (χ4v) is 4.30. The van der Waals surface area contributed by atoms with Gasteiger partial charge in [-0.05, 0) is 0 Å². The highest BCUT2D eigenvalue weighted by Crippen LogP contribution is 2.20. The highest BCUT2D eigenvalue weighted by Gasteiger charge is 2.26. The molecule has 2 unspecified atom stereocenters. The van der Waals surface area contributed by atoms with Crippen LogP contribution in [0.4, 0.5) is 0 Å². The molecule has 0 N–H and O–H groups in total. The lowest BCUT2D eigenvalue weighted by molar-refractivity contribution is -0.111. The van der Waals surface area contributed by atoms with Crippen molar-refractivity contribution < 1.29 is 13.2 Å². The molecule has 1 heterocycles. The molecule has 0 aromatic heterocycles. The molecule has 0 fully saturated rings. The standard InChI is InChI=1S/C7H5O3S2/c8-7-5-3-1-2-4-6(5)11(9)12(7)10/h1-5H/q-1. The molecule has 0 amide bonds. The second-order valence-electron chi connectivity index (χ2n) is 2.41. The fraction of sp³-hybridized carbons (Fsp3) is 0.143. The lowest BCUT2D eigenvalue weighted by Crippen LogP contribution is -2.16. The van der Waals surface area contributed by atoms with Crippen LogP contribution in [0.15, 0.2) is 24.3 Å². The summed E-state index contributed by atoms with van der Waals surface area (Å²) in [5.41, 5.74) is 0. The van der Waals surface area contributed by atoms with Crippen molar-refractivity contribution in [2.75, 3.05) is 0 Å². The predicted molar refractivity (Wildman–Crippen MR) is 48.0 cm³/mol. The van der Waals surface area contributed by atoms with Crippen LogP contribution in [0.3, 0.4) is 0 Å². The number of hydrogen-bond donors (Lipinski definition) is 0. The Balaban J connectivity index is 2.65. The van der Waals surface area contributed by atoms with Crippen molar-refractivity contribution in [3.05, 3.63) is 24.3 Å². The van der Waals surface area contributed by atoms with Gasteiger partial charge in [0.05, 0.1) is 5.92 Å². The van der Waals surface area contributed by atoms with Gasteiger partial charge in [0.1, 0.15) is 0 Å². The van der Waals surface area contributed by atoms with Gasteiger partial charge in [0.25, 0.3) is 0 Å². The molecule has 5 heteroatoms. The Morgan fingerprint density at radius 1 is 1.42 bits per heavy atom. The molecule has 0 aromatic rings. The molecule has 2 aliphatic rings. The number of hydrogen-bond acceptors (Lipinski definition) is 4. The Morgan fingerprint density at radius 2 is 2.17 bits per heavy atom. The monoisotopic (exact) mass is 201 g/mol. The Labute approximate surface area is 73.1 Å². The van der Waals surface area contributed by atoms with Crippen LogP contribution >= 0.6 is 0 Å². The van der Waals surface area contributed by atoms with Gasteiger partial charge in [-0.25, -0.2) is 0 Å². The van der Waals surface area contributed by atoms with Crippen molar-refractivity contribution >= 4 is 29.2 Å². The normalized spacial score (nSPS) is 34.3. The average Bonchev–Trinajstić information content (AvgIpc) is 2.33. The van der Waals surface area contributed by atoms with Crippen LogP contribution in [0, 0.1) is 5.92 Å². The van der Waals surface area contributed by atoms with Gasteiger partial charge in [-0.2, -0.15) is 9.42 Å². The first-order valence-corrected chi connectivity index (χ1v) is 6.13. The molecule has 64 valence electrons. The van der Waals surface area contributed by atoms with E-state index < -0.39 is 30.3 Å². The molecule has 1 aliphatic carbocycles. The van der Waals surface area contributed by atoms with Crippen LogP contribution < -0.4 is 0 Å². The van der Waals surface area contributed by atoms with E-state index in [9.17, 15) is 13.2 Å². The van der Waals surface area contributed by atoms with Crippen molar-refractivity contribution in [2.24, 2.45) is 5.92 Å². The molecule has 2 atom stereocenters. The minimum absolute atomic E-state index is 0.441. The third-order valence-electron chi connectivity index (χ3n) is 1.73. The first kappa shape index (κ1) is 7.94. The van der Waals surface area contributed by atoms with Crippen LogP contribution in [-0.2, 0) is 28.3 Å². The maximum Gasteiger partial charge on any atom is 0.209 e. The Morgan fingerprint density at radius 3 is 2.83 bits per heavy atom. The first-order chi connectivity index (χ1) is 5.72. The topological polar surface area (TPSA) is 51.2 Å². The minimum Gasteiger partial charge on any atom is -0.448 e. The van der Waals surface area contributed by atoms with Gasteiger partial charge in [-0.1, -0.05) is 24.3 Å². The predicted octanol–water partition coefficient (Wildman–Crippen LogP) is 0.0687. The SMILES string of the molecule is O=C1C2C=CC=CC2=[S-](=O)S1=O. The van der Waals surface area contributed by atoms with Crippen LogP contribution in [-0.4, -0.2) is 14.2 Å². The summed E-state index contributed by atoms with van der Waals surface area (Å²) in [6.45, 7) is 0. The highest BCUT2D eigenvalue weighted by atomic mass is 33.1. The second-order valence-corrected chi connectivity index (χ2v) is 6.04. The summed E-state index contributed by atoms with van der Waals surface area (Å²) in [6.07, 6.45) is 6.62. The molecule has 0 saturated heterocycles. The van der Waals surface area contributed by atoms with E-state index in [4.69, 9.17) is 0 Å². The molecule has 0 aromatic carbocycles. The Bertz CT molecular complexity index is 410. The summed E-state index contributed by atoms with van der Waals surface area (Å²) >= 11 is 0. The van der Waals surface area contributed by atoms with Crippen LogP contribution in [0.5, 0.6) is 0 Å². The summed E-state index contributed by atoms with van der Waals surface area (Å²) in [6, 6.07) is 0. The number of allylic oxidation sites excluding steroid dienone is 4. The molecule has 3 nitrogen and oxygen atoms in total. The lowest BCUT2D eigenvalue weighted by Gasteiger charge is -2.09. The molecule has 1 aliphatic heterocycles. The van der Waals surface area contributed by atoms with Crippen molar-refractivity contribution in [1.29, 1.82) is 0 Å². The van der Waals surface area contributed by atoms with Crippen LogP contribution in [0.2, 0.25) is 0 Å². The van der Waals surface area contributed by atoms with E-state index >= 15 is 0 Å². The third kappa shape index (κ3) is 0.931. The van der Waals surface area contributed by atoms with E-state index in [1.165, 1.54) is 0 Å². The number of fused-ring (bicyclic) bond motifs is 1. The molecule has 0 radical (unpaired) electrons. The van der Waals surface area contributed by atoms with Gasteiger partial charge in [0.15, 0.2) is 0 Å². The molecule has 12 heavy (non-hydrogen) atoms. The second kappa shape index (κ2) is 2.67. The molecular formula is C7H5O3S2-. The average molecular weight is 201 g/mol. The minimum atomic E-state index is -1.84. The molecule has 0 bridgehead atoms. The number of carbonyl (C=O) groups excluding carboxylic acids is 1. The summed E-state index contributed by atoms with van der Waals surface area (Å²) in [7, 11) is -3.45. The van der Waals surface area contributed by atoms with Crippen molar-refractivity contribution in [3.63, 3.8) is 0 Å². The third-order valence-corrected chi connectivity index (χ3v) is 5.26. The molecule has 0 saturated carbocycles. The van der Waals surface area contributed by atoms with Gasteiger partial charge in [0, 0.05) is 9.83 Å². The quantitative estimate of drug-likeness (QED) is 0.316. The van der Waals surface area contributed by atoms with E-state index in [1.54, 1.807) is 24.3 Å². The van der Waals surface area contributed by atoms with Crippen LogP contribution in [0.1, 0.15) is 0 Å². The number of carbonyl (C=O) groups is 1. The molecular weight excluding hydrogens is 196 g/mol. The van der Waals surface area contributed by atoms with Crippen LogP contribution in [0.25, 0.3) is 0 Å². The Hall–Kier alpha value is -0.680. The van der Waals surface area contributed by atoms with Gasteiger partial charge in [-0.15, -0.1) is 4.86 Å².